The van der Waals surface area contributed by atoms with Crippen molar-refractivity contribution in [2.75, 3.05) is 7.05 Å². The molecule has 0 aliphatic carbocycles. The molecule has 0 spiro atoms. The Morgan fingerprint density at radius 2 is 1.59 bits per heavy atom. The number of hydrogen-bond donors (Lipinski definition) is 1. The average molecular weight is 369 g/mol. The minimum atomic E-state index is -4.38. The molecular weight excluding hydrogens is 351 g/mol. The van der Waals surface area contributed by atoms with Crippen LogP contribution in [0.2, 0.25) is 0 Å². The highest BCUT2D eigenvalue weighted by Gasteiger charge is 2.30. The van der Waals surface area contributed by atoms with E-state index >= 15 is 0 Å². The van der Waals surface area contributed by atoms with E-state index in [1.54, 1.807) is 23.0 Å². The van der Waals surface area contributed by atoms with Gasteiger partial charge in [0, 0.05) is 23.6 Å². The predicted octanol–water partition coefficient (Wildman–Crippen LogP) is 5.25. The van der Waals surface area contributed by atoms with Gasteiger partial charge in [0.05, 0.1) is 11.1 Å². The predicted molar refractivity (Wildman–Crippen MR) is 101 cm³/mol. The number of aromatic nitrogens is 1. The summed E-state index contributed by atoms with van der Waals surface area (Å²) < 4.78 is 39.9. The SMILES string of the molecule is C=Cc1ccc(-n2cc(C#N)c(-c3ccc(C(F)(F)F)cc3)c2)cc1.CN. The van der Waals surface area contributed by atoms with E-state index in [1.807, 2.05) is 24.3 Å². The summed E-state index contributed by atoms with van der Waals surface area (Å²) in [6.07, 6.45) is 0.753. The molecule has 3 rings (SSSR count). The zero-order valence-electron chi connectivity index (χ0n) is 14.7. The van der Waals surface area contributed by atoms with Gasteiger partial charge in [-0.2, -0.15) is 18.4 Å². The molecule has 138 valence electrons. The van der Waals surface area contributed by atoms with Crippen LogP contribution < -0.4 is 5.73 Å². The Labute approximate surface area is 155 Å². The second kappa shape index (κ2) is 8.39. The van der Waals surface area contributed by atoms with Gasteiger partial charge in [0.15, 0.2) is 0 Å². The Balaban J connectivity index is 0.00000126. The molecule has 6 heteroatoms. The lowest BCUT2D eigenvalue weighted by Gasteiger charge is -2.07. The maximum atomic E-state index is 12.7. The van der Waals surface area contributed by atoms with Crippen LogP contribution in [0.15, 0.2) is 67.5 Å². The first-order chi connectivity index (χ1) is 12.9. The molecule has 0 fully saturated rings. The van der Waals surface area contributed by atoms with Crippen molar-refractivity contribution in [1.29, 1.82) is 5.26 Å². The van der Waals surface area contributed by atoms with Crippen molar-refractivity contribution < 1.29 is 13.2 Å². The molecule has 0 saturated carbocycles. The Morgan fingerprint density at radius 3 is 2.07 bits per heavy atom. The fourth-order valence-corrected chi connectivity index (χ4v) is 2.54. The van der Waals surface area contributed by atoms with Crippen LogP contribution in [-0.2, 0) is 6.18 Å². The minimum absolute atomic E-state index is 0.396. The molecule has 2 N–H and O–H groups in total. The summed E-state index contributed by atoms with van der Waals surface area (Å²) in [5.41, 5.74) is 7.15. The second-order valence-corrected chi connectivity index (χ2v) is 5.48. The summed E-state index contributed by atoms with van der Waals surface area (Å²) in [6.45, 7) is 3.70. The standard InChI is InChI=1S/C20H13F3N2.CH5N/c1-2-14-3-9-18(10-4-14)25-12-16(11-24)19(13-25)15-5-7-17(8-6-15)20(21,22)23;1-2/h2-10,12-13H,1H2;2H2,1H3. The van der Waals surface area contributed by atoms with Crippen LogP contribution in [0.5, 0.6) is 0 Å². The molecule has 2 aromatic carbocycles. The molecule has 3 nitrogen and oxygen atoms in total. The van der Waals surface area contributed by atoms with E-state index < -0.39 is 11.7 Å². The topological polar surface area (TPSA) is 54.7 Å². The van der Waals surface area contributed by atoms with Crippen LogP contribution in [0, 0.1) is 11.3 Å². The summed E-state index contributed by atoms with van der Waals surface area (Å²) >= 11 is 0. The molecule has 0 saturated heterocycles. The Kier molecular flexibility index (Phi) is 6.22. The fraction of sp³-hybridized carbons (Fsp3) is 0.0952. The van der Waals surface area contributed by atoms with Gasteiger partial charge >= 0.3 is 6.18 Å². The largest absolute Gasteiger partial charge is 0.416 e. The third-order valence-electron chi connectivity index (χ3n) is 3.90. The molecule has 3 aromatic rings. The van der Waals surface area contributed by atoms with E-state index in [9.17, 15) is 18.4 Å². The van der Waals surface area contributed by atoms with Crippen molar-refractivity contribution in [3.8, 4) is 22.9 Å². The van der Waals surface area contributed by atoms with Gasteiger partial charge in [0.2, 0.25) is 0 Å². The fourth-order valence-electron chi connectivity index (χ4n) is 2.54. The van der Waals surface area contributed by atoms with Crippen molar-refractivity contribution in [2.24, 2.45) is 5.73 Å². The van der Waals surface area contributed by atoms with Crippen LogP contribution in [0.3, 0.4) is 0 Å². The number of benzene rings is 2. The van der Waals surface area contributed by atoms with E-state index in [2.05, 4.69) is 18.4 Å². The van der Waals surface area contributed by atoms with Gasteiger partial charge in [0.25, 0.3) is 0 Å². The molecule has 27 heavy (non-hydrogen) atoms. The number of hydrogen-bond acceptors (Lipinski definition) is 2. The van der Waals surface area contributed by atoms with Gasteiger partial charge in [0.1, 0.15) is 6.07 Å². The number of rotatable bonds is 3. The minimum Gasteiger partial charge on any atom is -0.333 e. The highest BCUT2D eigenvalue weighted by atomic mass is 19.4. The van der Waals surface area contributed by atoms with Gasteiger partial charge in [-0.25, -0.2) is 0 Å². The van der Waals surface area contributed by atoms with Crippen molar-refractivity contribution in [2.45, 2.75) is 6.18 Å². The number of nitrogens with two attached hydrogens (primary N) is 1. The molecule has 0 unspecified atom stereocenters. The van der Waals surface area contributed by atoms with Crippen molar-refractivity contribution in [1.82, 2.24) is 4.57 Å². The van der Waals surface area contributed by atoms with Gasteiger partial charge in [-0.1, -0.05) is 36.9 Å². The van der Waals surface area contributed by atoms with Crippen LogP contribution in [-0.4, -0.2) is 11.6 Å². The number of nitrogens with zero attached hydrogens (tertiary/aromatic N) is 2. The smallest absolute Gasteiger partial charge is 0.333 e. The Morgan fingerprint density at radius 1 is 1.00 bits per heavy atom. The second-order valence-electron chi connectivity index (χ2n) is 5.48. The first kappa shape index (κ1) is 20.0. The summed E-state index contributed by atoms with van der Waals surface area (Å²) in [5, 5.41) is 9.35. The summed E-state index contributed by atoms with van der Waals surface area (Å²) in [7, 11) is 1.50. The number of halogens is 3. The Bertz CT molecular complexity index is 944. The average Bonchev–Trinajstić information content (AvgIpc) is 3.13. The van der Waals surface area contributed by atoms with Crippen LogP contribution in [0.25, 0.3) is 22.9 Å². The zero-order chi connectivity index (χ0) is 20.0. The Hall–Kier alpha value is -3.30. The van der Waals surface area contributed by atoms with Crippen LogP contribution >= 0.6 is 0 Å². The molecule has 1 heterocycles. The molecule has 0 aliphatic heterocycles. The van der Waals surface area contributed by atoms with Gasteiger partial charge in [-0.15, -0.1) is 0 Å². The lowest BCUT2D eigenvalue weighted by molar-refractivity contribution is -0.137. The third-order valence-corrected chi connectivity index (χ3v) is 3.90. The van der Waals surface area contributed by atoms with E-state index in [-0.39, 0.29) is 0 Å². The maximum Gasteiger partial charge on any atom is 0.416 e. The maximum absolute atomic E-state index is 12.7. The van der Waals surface area contributed by atoms with E-state index in [1.165, 1.54) is 19.2 Å². The summed E-state index contributed by atoms with van der Waals surface area (Å²) in [5.74, 6) is 0. The first-order valence-corrected chi connectivity index (χ1v) is 8.02. The highest BCUT2D eigenvalue weighted by molar-refractivity contribution is 5.71. The number of nitriles is 1. The van der Waals surface area contributed by atoms with Crippen molar-refractivity contribution in [3.63, 3.8) is 0 Å². The third kappa shape index (κ3) is 4.46. The lowest BCUT2D eigenvalue weighted by atomic mass is 10.0. The molecule has 0 atom stereocenters. The first-order valence-electron chi connectivity index (χ1n) is 8.02. The van der Waals surface area contributed by atoms with Gasteiger partial charge in [-0.05, 0) is 42.4 Å². The monoisotopic (exact) mass is 369 g/mol. The number of alkyl halides is 3. The highest BCUT2D eigenvalue weighted by Crippen LogP contribution is 2.32. The molecular formula is C21H18F3N3. The van der Waals surface area contributed by atoms with Crippen molar-refractivity contribution >= 4 is 6.08 Å². The molecule has 1 aromatic heterocycles. The van der Waals surface area contributed by atoms with Crippen molar-refractivity contribution in [3.05, 3.63) is 84.2 Å². The molecule has 0 radical (unpaired) electrons. The quantitative estimate of drug-likeness (QED) is 0.685. The van der Waals surface area contributed by atoms with Crippen LogP contribution in [0.4, 0.5) is 13.2 Å². The summed E-state index contributed by atoms with van der Waals surface area (Å²) in [4.78, 5) is 0. The molecule has 0 aliphatic rings. The summed E-state index contributed by atoms with van der Waals surface area (Å²) in [6, 6.07) is 14.4. The lowest BCUT2D eigenvalue weighted by Crippen LogP contribution is -2.03. The van der Waals surface area contributed by atoms with Gasteiger partial charge in [-0.3, -0.25) is 0 Å². The molecule has 0 bridgehead atoms. The zero-order valence-corrected chi connectivity index (χ0v) is 14.7. The van der Waals surface area contributed by atoms with Gasteiger partial charge < -0.3 is 10.3 Å². The normalized spacial score (nSPS) is 10.5. The van der Waals surface area contributed by atoms with E-state index in [0.29, 0.717) is 16.7 Å². The van der Waals surface area contributed by atoms with Crippen LogP contribution in [0.1, 0.15) is 16.7 Å². The van der Waals surface area contributed by atoms with E-state index in [0.717, 1.165) is 23.4 Å². The van der Waals surface area contributed by atoms with E-state index in [4.69, 9.17) is 0 Å². The molecule has 0 amide bonds.